The molecule has 1 aromatic rings. The molecule has 0 bridgehead atoms. The van der Waals surface area contributed by atoms with Gasteiger partial charge < -0.3 is 26.6 Å². The second-order valence-electron chi connectivity index (χ2n) is 12.7. The normalized spacial score (nSPS) is 21.5. The molecule has 1 unspecified atom stereocenters. The Morgan fingerprint density at radius 2 is 1.51 bits per heavy atom. The van der Waals surface area contributed by atoms with Gasteiger partial charge in [0.25, 0.3) is 5.91 Å². The summed E-state index contributed by atoms with van der Waals surface area (Å²) in [5.74, 6) is -2.46. The second kappa shape index (κ2) is 15.3. The number of rotatable bonds is 10. The maximum Gasteiger partial charge on any atom is 0.315 e. The number of benzene rings is 1. The van der Waals surface area contributed by atoms with Crippen molar-refractivity contribution in [1.82, 2.24) is 20.9 Å². The molecule has 0 spiro atoms. The van der Waals surface area contributed by atoms with E-state index in [4.69, 9.17) is 5.73 Å². The van der Waals surface area contributed by atoms with E-state index in [0.717, 1.165) is 38.5 Å². The molecule has 10 nitrogen and oxygen atoms in total. The summed E-state index contributed by atoms with van der Waals surface area (Å²) in [6.45, 7) is 4.63. The first-order chi connectivity index (χ1) is 20.7. The molecule has 2 saturated carbocycles. The molecule has 4 aliphatic rings. The van der Waals surface area contributed by atoms with Crippen LogP contribution in [0.1, 0.15) is 95.6 Å². The van der Waals surface area contributed by atoms with Crippen LogP contribution in [0.3, 0.4) is 0 Å². The number of fused-ring (bicyclic) bond motifs is 1. The Bertz CT molecular complexity index is 1140. The molecule has 1 aliphatic heterocycles. The van der Waals surface area contributed by atoms with E-state index in [1.54, 1.807) is 4.90 Å². The Labute approximate surface area is 255 Å². The van der Waals surface area contributed by atoms with E-state index in [2.05, 4.69) is 41.9 Å². The summed E-state index contributed by atoms with van der Waals surface area (Å²) in [7, 11) is 0. The quantitative estimate of drug-likeness (QED) is 0.307. The number of hydrogen-bond donors (Lipinski definition) is 4. The molecule has 43 heavy (non-hydrogen) atoms. The van der Waals surface area contributed by atoms with Crippen molar-refractivity contribution in [3.63, 3.8) is 0 Å². The molecule has 236 valence electrons. The van der Waals surface area contributed by atoms with Crippen molar-refractivity contribution in [2.24, 2.45) is 17.6 Å². The molecule has 0 radical (unpaired) electrons. The van der Waals surface area contributed by atoms with Crippen LogP contribution < -0.4 is 21.7 Å². The average molecular weight is 596 g/mol. The molecule has 0 aromatic heterocycles. The number of nitrogens with two attached hydrogens (primary N) is 1. The van der Waals surface area contributed by atoms with Gasteiger partial charge in [-0.05, 0) is 67.9 Å². The summed E-state index contributed by atoms with van der Waals surface area (Å²) in [6.07, 6.45) is 11.1. The van der Waals surface area contributed by atoms with Gasteiger partial charge in [-0.3, -0.25) is 19.2 Å². The van der Waals surface area contributed by atoms with Crippen LogP contribution in [0.25, 0.3) is 0 Å². The molecule has 10 heteroatoms. The zero-order chi connectivity index (χ0) is 30.9. The fraction of sp³-hybridized carbons (Fsp3) is 0.667. The van der Waals surface area contributed by atoms with Gasteiger partial charge >= 0.3 is 6.03 Å². The standard InChI is InChI=1S/C30H41N5O5.C3H8/c31-27(37)26(36)23(15-18-12-13-18)33-28(38)24-11-6-14-35(24)29(39)25(21-16-19-7-4-5-8-20(19)17-21)34-30(40)32-22-9-2-1-3-10-22;1-3-2/h4-5,7-8,18,21-25H,1-3,6,9-17H2,(H2,31,37)(H,33,38)(H2,32,34,40);3H2,1-2H3/t23?,24-,25-;/m0./s1. The average Bonchev–Trinajstić information content (AvgIpc) is 3.49. The van der Waals surface area contributed by atoms with Crippen LogP contribution in [-0.4, -0.2) is 65.1 Å². The number of primary amides is 1. The van der Waals surface area contributed by atoms with Crippen LogP contribution in [0.15, 0.2) is 24.3 Å². The first-order valence-corrected chi connectivity index (χ1v) is 16.3. The summed E-state index contributed by atoms with van der Waals surface area (Å²) >= 11 is 0. The molecule has 3 fully saturated rings. The third-order valence-corrected chi connectivity index (χ3v) is 9.03. The van der Waals surface area contributed by atoms with Crippen LogP contribution in [0.5, 0.6) is 0 Å². The Morgan fingerprint density at radius 3 is 2.09 bits per heavy atom. The highest BCUT2D eigenvalue weighted by atomic mass is 16.2. The van der Waals surface area contributed by atoms with Crippen molar-refractivity contribution >= 4 is 29.5 Å². The number of ketones is 1. The van der Waals surface area contributed by atoms with E-state index >= 15 is 0 Å². The number of urea groups is 1. The third kappa shape index (κ3) is 8.80. The first kappa shape index (κ1) is 32.5. The minimum atomic E-state index is -1.07. The van der Waals surface area contributed by atoms with Gasteiger partial charge in [-0.15, -0.1) is 0 Å². The lowest BCUT2D eigenvalue weighted by molar-refractivity contribution is -0.142. The fourth-order valence-corrected chi connectivity index (χ4v) is 6.66. The number of nitrogens with zero attached hydrogens (tertiary/aromatic N) is 1. The topological polar surface area (TPSA) is 151 Å². The number of carbonyl (C=O) groups is 5. The number of nitrogens with one attached hydrogen (secondary N) is 3. The van der Waals surface area contributed by atoms with E-state index in [-0.39, 0.29) is 29.8 Å². The highest BCUT2D eigenvalue weighted by molar-refractivity contribution is 6.37. The first-order valence-electron chi connectivity index (χ1n) is 16.3. The highest BCUT2D eigenvalue weighted by Gasteiger charge is 2.43. The zero-order valence-electron chi connectivity index (χ0n) is 25.7. The van der Waals surface area contributed by atoms with Crippen LogP contribution in [0.4, 0.5) is 4.79 Å². The number of likely N-dealkylation sites (tertiary alicyclic amines) is 1. The SMILES string of the molecule is CCC.NC(=O)C(=O)C(CC1CC1)NC(=O)[C@@H]1CCCN1C(=O)[C@@H](NC(=O)NC1CCCCC1)C1Cc2ccccc2C1. The maximum absolute atomic E-state index is 14.1. The monoisotopic (exact) mass is 595 g/mol. The minimum Gasteiger partial charge on any atom is -0.363 e. The molecule has 5 amide bonds. The van der Waals surface area contributed by atoms with Crippen LogP contribution in [0.2, 0.25) is 0 Å². The predicted molar refractivity (Wildman–Crippen MR) is 164 cm³/mol. The van der Waals surface area contributed by atoms with Gasteiger partial charge in [0.1, 0.15) is 12.1 Å². The van der Waals surface area contributed by atoms with Gasteiger partial charge in [0.05, 0.1) is 6.04 Å². The Balaban J connectivity index is 0.00000135. The Kier molecular flexibility index (Phi) is 11.6. The molecule has 1 heterocycles. The molecule has 5 rings (SSSR count). The molecule has 3 atom stereocenters. The number of hydrogen-bond acceptors (Lipinski definition) is 5. The third-order valence-electron chi connectivity index (χ3n) is 9.03. The van der Waals surface area contributed by atoms with Gasteiger partial charge in [-0.2, -0.15) is 0 Å². The molecule has 5 N–H and O–H groups in total. The smallest absolute Gasteiger partial charge is 0.315 e. The van der Waals surface area contributed by atoms with Gasteiger partial charge in [0.2, 0.25) is 17.6 Å². The van der Waals surface area contributed by atoms with Crippen LogP contribution >= 0.6 is 0 Å². The Morgan fingerprint density at radius 1 is 0.884 bits per heavy atom. The number of Topliss-reactive ketones (excluding diaryl/α,β-unsaturated/α-hetero) is 1. The lowest BCUT2D eigenvalue weighted by Crippen LogP contribution is -2.59. The van der Waals surface area contributed by atoms with E-state index in [1.807, 2.05) is 12.1 Å². The molecule has 1 aromatic carbocycles. The largest absolute Gasteiger partial charge is 0.363 e. The Hall–Kier alpha value is -3.43. The summed E-state index contributed by atoms with van der Waals surface area (Å²) in [5, 5.41) is 8.79. The number of amides is 5. The molecular formula is C33H49N5O5. The van der Waals surface area contributed by atoms with Crippen LogP contribution in [0, 0.1) is 11.8 Å². The van der Waals surface area contributed by atoms with Crippen molar-refractivity contribution < 1.29 is 24.0 Å². The molecule has 3 aliphatic carbocycles. The summed E-state index contributed by atoms with van der Waals surface area (Å²) < 4.78 is 0. The number of carbonyl (C=O) groups excluding carboxylic acids is 5. The van der Waals surface area contributed by atoms with E-state index < -0.39 is 35.7 Å². The zero-order valence-corrected chi connectivity index (χ0v) is 25.7. The second-order valence-corrected chi connectivity index (χ2v) is 12.7. The van der Waals surface area contributed by atoms with Gasteiger partial charge in [-0.1, -0.05) is 76.6 Å². The minimum absolute atomic E-state index is 0.0989. The summed E-state index contributed by atoms with van der Waals surface area (Å²) in [5.41, 5.74) is 7.59. The van der Waals surface area contributed by atoms with Crippen molar-refractivity contribution in [2.75, 3.05) is 6.54 Å². The fourth-order valence-electron chi connectivity index (χ4n) is 6.66. The van der Waals surface area contributed by atoms with Crippen molar-refractivity contribution in [3.8, 4) is 0 Å². The maximum atomic E-state index is 14.1. The van der Waals surface area contributed by atoms with E-state index in [1.165, 1.54) is 24.0 Å². The molecule has 1 saturated heterocycles. The predicted octanol–water partition coefficient (Wildman–Crippen LogP) is 3.15. The molecular weight excluding hydrogens is 546 g/mol. The lowest BCUT2D eigenvalue weighted by Gasteiger charge is -2.33. The van der Waals surface area contributed by atoms with Gasteiger partial charge in [0, 0.05) is 12.6 Å². The summed E-state index contributed by atoms with van der Waals surface area (Å²) in [4.78, 5) is 66.2. The van der Waals surface area contributed by atoms with E-state index in [0.29, 0.717) is 38.6 Å². The van der Waals surface area contributed by atoms with Crippen LogP contribution in [-0.2, 0) is 32.0 Å². The highest BCUT2D eigenvalue weighted by Crippen LogP contribution is 2.34. The summed E-state index contributed by atoms with van der Waals surface area (Å²) in [6, 6.07) is 5.28. The van der Waals surface area contributed by atoms with Crippen molar-refractivity contribution in [3.05, 3.63) is 35.4 Å². The van der Waals surface area contributed by atoms with Gasteiger partial charge in [-0.25, -0.2) is 4.79 Å². The van der Waals surface area contributed by atoms with Crippen molar-refractivity contribution in [2.45, 2.75) is 121 Å². The van der Waals surface area contributed by atoms with Crippen molar-refractivity contribution in [1.29, 1.82) is 0 Å². The lowest BCUT2D eigenvalue weighted by atomic mass is 9.94. The van der Waals surface area contributed by atoms with E-state index in [9.17, 15) is 24.0 Å². The van der Waals surface area contributed by atoms with Gasteiger partial charge in [0.15, 0.2) is 0 Å².